The minimum atomic E-state index is -4.47. The second kappa shape index (κ2) is 31.3. The lowest BCUT2D eigenvalue weighted by atomic mass is 10.2. The number of benzene rings is 4. The van der Waals surface area contributed by atoms with E-state index in [1.165, 1.54) is 109 Å². The summed E-state index contributed by atoms with van der Waals surface area (Å²) in [4.78, 5) is 81.5. The van der Waals surface area contributed by atoms with Crippen molar-refractivity contribution in [3.8, 4) is 28.9 Å². The summed E-state index contributed by atoms with van der Waals surface area (Å²) in [6, 6.07) is 21.7. The third kappa shape index (κ3) is 16.5. The number of fused-ring (bicyclic) bond motifs is 2. The van der Waals surface area contributed by atoms with E-state index in [0.717, 1.165) is 38.5 Å². The standard InChI is InChI=1S/C25H21FIN3O6S.C18H15FIN3O4.C7H7ClO2S.C6H15N.C2H3N.CH3Cl.CH4/c1-13-4-9-17(10-5-13)37(34,35)36-21-14(2)23(31)28(3)22-20(21)24(32)29(16-7-8-16)25(33)30(22)19-11-6-15(27)12-18(19)26;1-8-14(24)13-15(21(2)16(8)25)23(12-6-3-9(20)7-11(12)19)18(27)22(17(13)26)10-4-5-10;1-6-2-4-7(5-3-6)11(8,9)10;1-4-7(5-2)6-3;1-2-3;1-2;/h4-6,9-12,16H,7-8H2,1-3H3;3,6-7,10,24H,4-5H2,1-2H3;2-5H,1H3;4-6H2,1-3H3;1H3;1H3;1H4. The first-order valence-corrected chi connectivity index (χ1v) is 33.4. The van der Waals surface area contributed by atoms with Crippen molar-refractivity contribution in [3.63, 3.8) is 0 Å². The molecule has 0 atom stereocenters. The molecule has 4 aromatic heterocycles. The Labute approximate surface area is 544 Å². The van der Waals surface area contributed by atoms with Crippen molar-refractivity contribution >= 4 is 109 Å². The van der Waals surface area contributed by atoms with Crippen LogP contribution in [0.2, 0.25) is 0 Å². The van der Waals surface area contributed by atoms with Crippen LogP contribution in [0.1, 0.15) is 95.1 Å². The van der Waals surface area contributed by atoms with Gasteiger partial charge in [-0.25, -0.2) is 35.9 Å². The van der Waals surface area contributed by atoms with Gasteiger partial charge in [0.15, 0.2) is 5.75 Å². The lowest BCUT2D eigenvalue weighted by Crippen LogP contribution is -2.42. The van der Waals surface area contributed by atoms with Crippen LogP contribution < -0.4 is 37.8 Å². The predicted molar refractivity (Wildman–Crippen MR) is 358 cm³/mol. The fourth-order valence-electron chi connectivity index (χ4n) is 8.94. The normalized spacial score (nSPS) is 12.5. The van der Waals surface area contributed by atoms with Crippen molar-refractivity contribution in [2.24, 2.45) is 14.1 Å². The van der Waals surface area contributed by atoms with Crippen LogP contribution in [0.15, 0.2) is 123 Å². The zero-order valence-electron chi connectivity index (χ0n) is 49.3. The molecule has 4 heterocycles. The lowest BCUT2D eigenvalue weighted by Gasteiger charge is -2.20. The van der Waals surface area contributed by atoms with E-state index in [2.05, 4.69) is 37.3 Å². The Hall–Kier alpha value is -6.49. The summed E-state index contributed by atoms with van der Waals surface area (Å²) in [5.41, 5.74) is -3.28. The average Bonchev–Trinajstić information content (AvgIpc) is 1.30. The molecule has 2 aliphatic carbocycles. The first-order valence-electron chi connectivity index (χ1n) is 26.8. The molecule has 1 N–H and O–H groups in total. The SMILES string of the molecule is C.CC#N.CCN(CC)CC.CCl.Cc1c(O)c2c(=O)n(C3CC3)c(=O)n(-c3ccc(I)cc3F)c2n(C)c1=O.Cc1ccc(S(=O)(=O)Cl)cc1.Cc1ccc(S(=O)(=O)Oc2c(C)c(=O)n(C)c3c2c(=O)n(C2CC2)c(=O)n3-c2ccc(I)cc2F)cc1. The van der Waals surface area contributed by atoms with Crippen LogP contribution in [0.25, 0.3) is 33.4 Å². The van der Waals surface area contributed by atoms with Gasteiger partial charge in [0.25, 0.3) is 31.3 Å². The number of aromatic hydroxyl groups is 1. The summed E-state index contributed by atoms with van der Waals surface area (Å²) in [6.45, 7) is 18.0. The van der Waals surface area contributed by atoms with Crippen LogP contribution in [-0.4, -0.2) is 80.3 Å². The number of aromatic nitrogens is 6. The summed E-state index contributed by atoms with van der Waals surface area (Å²) in [6.07, 6.45) is 3.89. The third-order valence-corrected chi connectivity index (χ3v) is 17.8. The van der Waals surface area contributed by atoms with Crippen LogP contribution >= 0.6 is 67.5 Å². The molecule has 28 heteroatoms. The van der Waals surface area contributed by atoms with Gasteiger partial charge in [0.2, 0.25) is 0 Å². The van der Waals surface area contributed by atoms with Gasteiger partial charge in [0.05, 0.1) is 33.5 Å². The molecule has 0 radical (unpaired) electrons. The molecule has 0 bridgehead atoms. The molecule has 8 aromatic rings. The van der Waals surface area contributed by atoms with E-state index >= 15 is 4.39 Å². The monoisotopic (exact) mass is 1520 g/mol. The number of nitriles is 1. The van der Waals surface area contributed by atoms with E-state index in [1.54, 1.807) is 49.4 Å². The van der Waals surface area contributed by atoms with Gasteiger partial charge < -0.3 is 14.2 Å². The van der Waals surface area contributed by atoms with Gasteiger partial charge in [-0.15, -0.1) is 11.6 Å². The number of pyridine rings is 2. The van der Waals surface area contributed by atoms with E-state index in [4.69, 9.17) is 20.1 Å². The van der Waals surface area contributed by atoms with Crippen molar-refractivity contribution in [3.05, 3.63) is 188 Å². The molecular formula is C60H68Cl2F2I2N8O12S2. The summed E-state index contributed by atoms with van der Waals surface area (Å²) >= 11 is 8.50. The molecule has 88 heavy (non-hydrogen) atoms. The molecule has 0 aliphatic heterocycles. The summed E-state index contributed by atoms with van der Waals surface area (Å²) in [5.74, 6) is -2.39. The highest BCUT2D eigenvalue weighted by molar-refractivity contribution is 14.1. The van der Waals surface area contributed by atoms with E-state index in [-0.39, 0.29) is 67.8 Å². The number of hydrogen-bond donors (Lipinski definition) is 1. The molecule has 0 amide bonds. The highest BCUT2D eigenvalue weighted by atomic mass is 127. The van der Waals surface area contributed by atoms with Crippen LogP contribution in [0.5, 0.6) is 11.5 Å². The average molecular weight is 1520 g/mol. The molecule has 0 spiro atoms. The highest BCUT2D eigenvalue weighted by Crippen LogP contribution is 2.36. The molecule has 2 aliphatic rings. The fourth-order valence-corrected chi connectivity index (χ4v) is 11.6. The minimum absolute atomic E-state index is 0. The highest BCUT2D eigenvalue weighted by Gasteiger charge is 2.35. The Morgan fingerprint density at radius 1 is 0.625 bits per heavy atom. The first kappa shape index (κ1) is 74.0. The smallest absolute Gasteiger partial charge is 0.339 e. The van der Waals surface area contributed by atoms with Gasteiger partial charge in [-0.05, 0) is 179 Å². The van der Waals surface area contributed by atoms with E-state index in [1.807, 2.05) is 52.1 Å². The van der Waals surface area contributed by atoms with E-state index < -0.39 is 82.0 Å². The van der Waals surface area contributed by atoms with E-state index in [9.17, 15) is 55.1 Å². The van der Waals surface area contributed by atoms with Crippen molar-refractivity contribution in [1.29, 1.82) is 5.26 Å². The number of halogens is 6. The maximum Gasteiger partial charge on any atom is 0.339 e. The van der Waals surface area contributed by atoms with Gasteiger partial charge in [-0.3, -0.25) is 37.4 Å². The van der Waals surface area contributed by atoms with Crippen LogP contribution in [0, 0.1) is 57.8 Å². The number of hydrogen-bond acceptors (Lipinski definition) is 14. The molecule has 2 fully saturated rings. The van der Waals surface area contributed by atoms with Gasteiger partial charge in [-0.1, -0.05) is 63.6 Å². The summed E-state index contributed by atoms with van der Waals surface area (Å²) < 4.78 is 90.4. The number of alkyl halides is 1. The Morgan fingerprint density at radius 3 is 1.32 bits per heavy atom. The van der Waals surface area contributed by atoms with Crippen molar-refractivity contribution in [2.45, 2.75) is 110 Å². The van der Waals surface area contributed by atoms with Gasteiger partial charge in [0.1, 0.15) is 44.3 Å². The molecule has 474 valence electrons. The summed E-state index contributed by atoms with van der Waals surface area (Å²) in [7, 11) is -0.214. The maximum atomic E-state index is 15.2. The third-order valence-electron chi connectivity index (χ3n) is 13.8. The molecular weight excluding hydrogens is 1450 g/mol. The van der Waals surface area contributed by atoms with Crippen LogP contribution in [0.4, 0.5) is 8.78 Å². The van der Waals surface area contributed by atoms with Gasteiger partial charge >= 0.3 is 21.5 Å². The van der Waals surface area contributed by atoms with Crippen LogP contribution in [0.3, 0.4) is 0 Å². The van der Waals surface area contributed by atoms with Crippen molar-refractivity contribution < 1.29 is 34.9 Å². The van der Waals surface area contributed by atoms with Gasteiger partial charge in [0, 0.05) is 57.3 Å². The Bertz CT molecular complexity index is 4550. The molecule has 0 unspecified atom stereocenters. The second-order valence-electron chi connectivity index (χ2n) is 19.7. The first-order chi connectivity index (χ1) is 40.9. The van der Waals surface area contributed by atoms with Gasteiger partial charge in [-0.2, -0.15) is 13.7 Å². The zero-order chi connectivity index (χ0) is 65.3. The Balaban J connectivity index is 0.000000282. The molecule has 4 aromatic carbocycles. The van der Waals surface area contributed by atoms with Crippen LogP contribution in [-0.2, 0) is 33.3 Å². The molecule has 10 rings (SSSR count). The largest absolute Gasteiger partial charge is 0.506 e. The zero-order valence-corrected chi connectivity index (χ0v) is 56.7. The van der Waals surface area contributed by atoms with Crippen molar-refractivity contribution in [1.82, 2.24) is 32.3 Å². The fraction of sp³-hybridized carbons (Fsp3) is 0.350. The lowest BCUT2D eigenvalue weighted by molar-refractivity contribution is 0.321. The number of aryl methyl sites for hydroxylation is 4. The van der Waals surface area contributed by atoms with Crippen molar-refractivity contribution in [2.75, 3.05) is 26.0 Å². The molecule has 0 saturated heterocycles. The Morgan fingerprint density at radius 2 is 0.977 bits per heavy atom. The Kier molecular flexibility index (Phi) is 26.3. The predicted octanol–water partition coefficient (Wildman–Crippen LogP) is 10.5. The van der Waals surface area contributed by atoms with E-state index in [0.29, 0.717) is 32.8 Å². The topological polar surface area (TPSA) is 257 Å². The number of rotatable bonds is 11. The molecule has 20 nitrogen and oxygen atoms in total. The minimum Gasteiger partial charge on any atom is -0.506 e. The second-order valence-corrected chi connectivity index (χ2v) is 26.3. The summed E-state index contributed by atoms with van der Waals surface area (Å²) in [5, 5.41) is 17.4. The maximum absolute atomic E-state index is 15.2. The number of nitrogens with zero attached hydrogens (tertiary/aromatic N) is 8. The molecule has 2 saturated carbocycles. The quantitative estimate of drug-likeness (QED) is 0.0547.